The zero-order valence-corrected chi connectivity index (χ0v) is 17.1. The lowest BCUT2D eigenvalue weighted by Crippen LogP contribution is -2.23. The summed E-state index contributed by atoms with van der Waals surface area (Å²) in [5, 5.41) is 8.88. The minimum atomic E-state index is -0.168. The van der Waals surface area contributed by atoms with E-state index >= 15 is 0 Å². The second-order valence-electron chi connectivity index (χ2n) is 6.39. The second kappa shape index (κ2) is 7.26. The van der Waals surface area contributed by atoms with Gasteiger partial charge in [0.05, 0.1) is 17.2 Å². The van der Waals surface area contributed by atoms with Crippen LogP contribution in [0.4, 0.5) is 5.69 Å². The van der Waals surface area contributed by atoms with Crippen molar-refractivity contribution in [1.82, 2.24) is 14.6 Å². The molecule has 0 bridgehead atoms. The molecule has 28 heavy (non-hydrogen) atoms. The molecule has 0 unspecified atom stereocenters. The first-order chi connectivity index (χ1) is 13.5. The van der Waals surface area contributed by atoms with Crippen LogP contribution in [0.5, 0.6) is 5.75 Å². The summed E-state index contributed by atoms with van der Waals surface area (Å²) in [6.45, 7) is 0. The minimum absolute atomic E-state index is 0.168. The maximum Gasteiger partial charge on any atom is 0.276 e. The maximum atomic E-state index is 13.0. The molecule has 0 atom stereocenters. The molecule has 4 aromatic rings. The average molecular weight is 413 g/mol. The van der Waals surface area contributed by atoms with E-state index in [-0.39, 0.29) is 5.56 Å². The van der Waals surface area contributed by atoms with E-state index in [0.29, 0.717) is 31.7 Å². The first kappa shape index (κ1) is 18.5. The fourth-order valence-electron chi connectivity index (χ4n) is 2.91. The number of hydrogen-bond acceptors (Lipinski definition) is 6. The molecule has 0 amide bonds. The quantitative estimate of drug-likeness (QED) is 0.515. The number of aromatic nitrogens is 3. The number of hydrogen-bond donors (Lipinski definition) is 0. The van der Waals surface area contributed by atoms with Crippen LogP contribution < -0.4 is 19.7 Å². The van der Waals surface area contributed by atoms with Crippen LogP contribution in [-0.4, -0.2) is 35.8 Å². The maximum absolute atomic E-state index is 13.0. The van der Waals surface area contributed by atoms with Gasteiger partial charge in [0.2, 0.25) is 4.96 Å². The van der Waals surface area contributed by atoms with Gasteiger partial charge in [-0.1, -0.05) is 35.1 Å². The fourth-order valence-corrected chi connectivity index (χ4v) is 4.00. The standard InChI is InChI=1S/C20H17ClN4O2S/c1-24(2)14-7-4-12(5-8-14)10-17-19(26)25-18(22-23-20(25)28-17)15-11-13(21)6-9-16(15)27-3/h4-11H,1-3H3/b17-10-. The van der Waals surface area contributed by atoms with Gasteiger partial charge in [0.1, 0.15) is 5.75 Å². The van der Waals surface area contributed by atoms with E-state index < -0.39 is 0 Å². The van der Waals surface area contributed by atoms with Crippen molar-refractivity contribution in [1.29, 1.82) is 0 Å². The molecule has 0 saturated heterocycles. The minimum Gasteiger partial charge on any atom is -0.496 e. The summed E-state index contributed by atoms with van der Waals surface area (Å²) >= 11 is 7.43. The Hall–Kier alpha value is -2.90. The number of thiazole rings is 1. The molecule has 0 aliphatic heterocycles. The third-order valence-corrected chi connectivity index (χ3v) is 5.55. The van der Waals surface area contributed by atoms with E-state index in [1.54, 1.807) is 25.3 Å². The number of rotatable bonds is 4. The Morgan fingerprint density at radius 2 is 1.89 bits per heavy atom. The predicted octanol–water partition coefficient (Wildman–Crippen LogP) is 3.09. The molecule has 0 fully saturated rings. The summed E-state index contributed by atoms with van der Waals surface area (Å²) in [5.74, 6) is 0.993. The molecule has 2 aromatic carbocycles. The van der Waals surface area contributed by atoms with Gasteiger partial charge < -0.3 is 9.64 Å². The van der Waals surface area contributed by atoms with Crippen molar-refractivity contribution in [3.05, 3.63) is 67.9 Å². The van der Waals surface area contributed by atoms with Crippen molar-refractivity contribution in [2.45, 2.75) is 0 Å². The van der Waals surface area contributed by atoms with Crippen LogP contribution in [0.15, 0.2) is 47.3 Å². The van der Waals surface area contributed by atoms with Gasteiger partial charge in [-0.3, -0.25) is 4.79 Å². The zero-order valence-electron chi connectivity index (χ0n) is 15.5. The molecule has 2 aromatic heterocycles. The highest BCUT2D eigenvalue weighted by molar-refractivity contribution is 7.15. The number of methoxy groups -OCH3 is 1. The summed E-state index contributed by atoms with van der Waals surface area (Å²) in [4.78, 5) is 15.6. The van der Waals surface area contributed by atoms with Gasteiger partial charge in [-0.15, -0.1) is 10.2 Å². The Balaban J connectivity index is 1.86. The van der Waals surface area contributed by atoms with E-state index in [1.165, 1.54) is 15.7 Å². The van der Waals surface area contributed by atoms with Crippen molar-refractivity contribution in [3.8, 4) is 17.1 Å². The summed E-state index contributed by atoms with van der Waals surface area (Å²) in [7, 11) is 5.54. The molecule has 0 aliphatic rings. The van der Waals surface area contributed by atoms with E-state index in [1.807, 2.05) is 49.3 Å². The highest BCUT2D eigenvalue weighted by Crippen LogP contribution is 2.31. The van der Waals surface area contributed by atoms with E-state index in [2.05, 4.69) is 10.2 Å². The van der Waals surface area contributed by atoms with Crippen LogP contribution in [0.25, 0.3) is 22.4 Å². The first-order valence-corrected chi connectivity index (χ1v) is 9.68. The van der Waals surface area contributed by atoms with Crippen molar-refractivity contribution in [2.24, 2.45) is 0 Å². The highest BCUT2D eigenvalue weighted by Gasteiger charge is 2.18. The van der Waals surface area contributed by atoms with Gasteiger partial charge in [0, 0.05) is 24.8 Å². The Labute approximate surface area is 170 Å². The lowest BCUT2D eigenvalue weighted by molar-refractivity contribution is 0.416. The molecule has 8 heteroatoms. The lowest BCUT2D eigenvalue weighted by atomic mass is 10.2. The summed E-state index contributed by atoms with van der Waals surface area (Å²) < 4.78 is 7.48. The molecule has 0 spiro atoms. The van der Waals surface area contributed by atoms with Crippen LogP contribution in [0.2, 0.25) is 5.02 Å². The number of ether oxygens (including phenoxy) is 1. The van der Waals surface area contributed by atoms with E-state index in [0.717, 1.165) is 11.3 Å². The summed E-state index contributed by atoms with van der Waals surface area (Å²) in [6, 6.07) is 13.2. The molecule has 0 saturated carbocycles. The Morgan fingerprint density at radius 3 is 2.57 bits per heavy atom. The smallest absolute Gasteiger partial charge is 0.276 e. The topological polar surface area (TPSA) is 59.7 Å². The molecule has 0 aliphatic carbocycles. The molecule has 0 N–H and O–H groups in total. The Kier molecular flexibility index (Phi) is 4.78. The number of nitrogens with zero attached hydrogens (tertiary/aromatic N) is 4. The third kappa shape index (κ3) is 3.23. The number of halogens is 1. The van der Waals surface area contributed by atoms with Crippen LogP contribution in [0.1, 0.15) is 5.56 Å². The van der Waals surface area contributed by atoms with Gasteiger partial charge in [-0.2, -0.15) is 0 Å². The Morgan fingerprint density at radius 1 is 1.14 bits per heavy atom. The summed E-state index contributed by atoms with van der Waals surface area (Å²) in [5.41, 5.74) is 2.50. The highest BCUT2D eigenvalue weighted by atomic mass is 35.5. The van der Waals surface area contributed by atoms with Crippen molar-refractivity contribution in [2.75, 3.05) is 26.1 Å². The van der Waals surface area contributed by atoms with E-state index in [4.69, 9.17) is 16.3 Å². The molecule has 0 radical (unpaired) electrons. The fraction of sp³-hybridized carbons (Fsp3) is 0.150. The van der Waals surface area contributed by atoms with Gasteiger partial charge in [-0.25, -0.2) is 4.40 Å². The molecule has 4 rings (SSSR count). The zero-order chi connectivity index (χ0) is 19.8. The van der Waals surface area contributed by atoms with Crippen LogP contribution in [0.3, 0.4) is 0 Å². The van der Waals surface area contributed by atoms with Gasteiger partial charge in [0.25, 0.3) is 5.56 Å². The molecular formula is C20H17ClN4O2S. The van der Waals surface area contributed by atoms with Gasteiger partial charge in [-0.05, 0) is 42.0 Å². The van der Waals surface area contributed by atoms with Crippen molar-refractivity contribution >= 4 is 39.7 Å². The van der Waals surface area contributed by atoms with Gasteiger partial charge >= 0.3 is 0 Å². The summed E-state index contributed by atoms with van der Waals surface area (Å²) in [6.07, 6.45) is 1.86. The normalized spacial score (nSPS) is 11.9. The monoisotopic (exact) mass is 412 g/mol. The van der Waals surface area contributed by atoms with Crippen molar-refractivity contribution in [3.63, 3.8) is 0 Å². The number of anilines is 1. The van der Waals surface area contributed by atoms with E-state index in [9.17, 15) is 4.79 Å². The van der Waals surface area contributed by atoms with Crippen LogP contribution >= 0.6 is 22.9 Å². The van der Waals surface area contributed by atoms with Crippen LogP contribution in [-0.2, 0) is 0 Å². The molecule has 142 valence electrons. The SMILES string of the molecule is COc1ccc(Cl)cc1-c1nnc2s/c(=C\c3ccc(N(C)C)cc3)c(=O)n12. The van der Waals surface area contributed by atoms with Crippen molar-refractivity contribution < 1.29 is 4.74 Å². The molecule has 2 heterocycles. The van der Waals surface area contributed by atoms with Gasteiger partial charge in [0.15, 0.2) is 5.82 Å². The molecular weight excluding hydrogens is 396 g/mol. The number of fused-ring (bicyclic) bond motifs is 1. The largest absolute Gasteiger partial charge is 0.496 e. The average Bonchev–Trinajstić information content (AvgIpc) is 3.23. The Bertz CT molecular complexity index is 1260. The third-order valence-electron chi connectivity index (χ3n) is 4.36. The second-order valence-corrected chi connectivity index (χ2v) is 7.83. The predicted molar refractivity (Wildman–Crippen MR) is 114 cm³/mol. The first-order valence-electron chi connectivity index (χ1n) is 8.49. The molecule has 6 nitrogen and oxygen atoms in total. The van der Waals surface area contributed by atoms with Crippen LogP contribution in [0, 0.1) is 0 Å². The number of benzene rings is 2. The lowest BCUT2D eigenvalue weighted by Gasteiger charge is -2.11.